The normalized spacial score (nSPS) is 20.1. The molecule has 2 aromatic rings. The zero-order valence-electron chi connectivity index (χ0n) is 13.7. The van der Waals surface area contributed by atoms with Gasteiger partial charge < -0.3 is 10.4 Å². The minimum Gasteiger partial charge on any atom is -0.393 e. The van der Waals surface area contributed by atoms with Crippen LogP contribution in [0, 0.1) is 0 Å². The number of benzene rings is 2. The van der Waals surface area contributed by atoms with Crippen LogP contribution in [0.15, 0.2) is 48.5 Å². The maximum atomic E-state index is 12.8. The van der Waals surface area contributed by atoms with Gasteiger partial charge in [-0.15, -0.1) is 0 Å². The highest BCUT2D eigenvalue weighted by molar-refractivity contribution is 6.30. The Morgan fingerprint density at radius 2 is 1.52 bits per heavy atom. The lowest BCUT2D eigenvalue weighted by molar-refractivity contribution is 0.0862. The van der Waals surface area contributed by atoms with E-state index in [-0.39, 0.29) is 23.8 Å². The van der Waals surface area contributed by atoms with E-state index in [1.807, 2.05) is 0 Å². The lowest BCUT2D eigenvalue weighted by atomic mass is 9.92. The third-order valence-corrected chi connectivity index (χ3v) is 4.81. The number of halogens is 1. The van der Waals surface area contributed by atoms with E-state index in [2.05, 4.69) is 5.32 Å². The van der Waals surface area contributed by atoms with Crippen molar-refractivity contribution in [3.63, 3.8) is 0 Å². The highest BCUT2D eigenvalue weighted by Gasteiger charge is 2.23. The molecule has 1 amide bonds. The molecule has 0 aromatic heterocycles. The van der Waals surface area contributed by atoms with E-state index in [1.54, 1.807) is 48.5 Å². The van der Waals surface area contributed by atoms with Crippen LogP contribution in [0.4, 0.5) is 0 Å². The van der Waals surface area contributed by atoms with Gasteiger partial charge in [0.15, 0.2) is 5.78 Å². The first-order valence-electron chi connectivity index (χ1n) is 8.43. The Morgan fingerprint density at radius 3 is 2.16 bits per heavy atom. The van der Waals surface area contributed by atoms with Crippen molar-refractivity contribution in [3.8, 4) is 0 Å². The minimum absolute atomic E-state index is 0.0367. The number of ketones is 1. The lowest BCUT2D eigenvalue weighted by Crippen LogP contribution is -2.39. The fourth-order valence-corrected chi connectivity index (χ4v) is 3.25. The molecule has 0 unspecified atom stereocenters. The van der Waals surface area contributed by atoms with Crippen molar-refractivity contribution in [2.45, 2.75) is 37.8 Å². The molecule has 1 fully saturated rings. The molecule has 0 saturated heterocycles. The molecule has 2 N–H and O–H groups in total. The van der Waals surface area contributed by atoms with E-state index in [1.165, 1.54) is 0 Å². The van der Waals surface area contributed by atoms with Crippen LogP contribution in [0.25, 0.3) is 0 Å². The van der Waals surface area contributed by atoms with Crippen LogP contribution in [-0.4, -0.2) is 28.9 Å². The van der Waals surface area contributed by atoms with Crippen molar-refractivity contribution in [1.29, 1.82) is 0 Å². The number of nitrogens with one attached hydrogen (secondary N) is 1. The number of amides is 1. The molecule has 0 bridgehead atoms. The zero-order chi connectivity index (χ0) is 17.8. The molecule has 25 heavy (non-hydrogen) atoms. The molecule has 130 valence electrons. The molecule has 0 heterocycles. The summed E-state index contributed by atoms with van der Waals surface area (Å²) in [6, 6.07) is 13.5. The van der Waals surface area contributed by atoms with Crippen LogP contribution in [-0.2, 0) is 0 Å². The van der Waals surface area contributed by atoms with E-state index in [4.69, 9.17) is 11.6 Å². The van der Waals surface area contributed by atoms with Gasteiger partial charge >= 0.3 is 0 Å². The predicted octanol–water partition coefficient (Wildman–Crippen LogP) is 3.60. The Kier molecular flexibility index (Phi) is 5.51. The summed E-state index contributed by atoms with van der Waals surface area (Å²) in [4.78, 5) is 25.4. The van der Waals surface area contributed by atoms with Gasteiger partial charge in [0.05, 0.1) is 11.7 Å². The van der Waals surface area contributed by atoms with Crippen molar-refractivity contribution in [3.05, 3.63) is 70.2 Å². The fraction of sp³-hybridized carbons (Fsp3) is 0.300. The summed E-state index contributed by atoms with van der Waals surface area (Å²) >= 11 is 5.87. The maximum absolute atomic E-state index is 12.8. The molecular formula is C20H20ClNO3. The summed E-state index contributed by atoms with van der Waals surface area (Å²) in [6.07, 6.45) is 2.61. The average Bonchev–Trinajstić information content (AvgIpc) is 2.63. The molecule has 0 atom stereocenters. The van der Waals surface area contributed by atoms with Gasteiger partial charge in [0.25, 0.3) is 5.91 Å². The zero-order valence-corrected chi connectivity index (χ0v) is 14.5. The molecule has 2 aromatic carbocycles. The van der Waals surface area contributed by atoms with Crippen molar-refractivity contribution >= 4 is 23.3 Å². The van der Waals surface area contributed by atoms with E-state index in [0.717, 1.165) is 12.8 Å². The van der Waals surface area contributed by atoms with Crippen LogP contribution < -0.4 is 5.32 Å². The van der Waals surface area contributed by atoms with Crippen molar-refractivity contribution in [2.75, 3.05) is 0 Å². The topological polar surface area (TPSA) is 66.4 Å². The molecule has 0 spiro atoms. The summed E-state index contributed by atoms with van der Waals surface area (Å²) in [6.45, 7) is 0. The van der Waals surface area contributed by atoms with Crippen molar-refractivity contribution < 1.29 is 14.7 Å². The quantitative estimate of drug-likeness (QED) is 0.821. The second kappa shape index (κ2) is 7.81. The Hall–Kier alpha value is -2.17. The van der Waals surface area contributed by atoms with Crippen LogP contribution in [0.3, 0.4) is 0 Å². The van der Waals surface area contributed by atoms with E-state index in [0.29, 0.717) is 34.6 Å². The number of carbonyl (C=O) groups excluding carboxylic acids is 2. The van der Waals surface area contributed by atoms with Crippen molar-refractivity contribution in [1.82, 2.24) is 5.32 Å². The first-order chi connectivity index (χ1) is 12.0. The van der Waals surface area contributed by atoms with Gasteiger partial charge in [0, 0.05) is 22.2 Å². The van der Waals surface area contributed by atoms with Gasteiger partial charge in [-0.2, -0.15) is 0 Å². The van der Waals surface area contributed by atoms with E-state index >= 15 is 0 Å². The summed E-state index contributed by atoms with van der Waals surface area (Å²) in [5, 5.41) is 13.1. The molecule has 0 aliphatic heterocycles. The van der Waals surface area contributed by atoms with Gasteiger partial charge in [-0.3, -0.25) is 9.59 Å². The molecule has 5 heteroatoms. The second-order valence-corrected chi connectivity index (χ2v) is 6.80. The Balaban J connectivity index is 1.79. The van der Waals surface area contributed by atoms with Crippen LogP contribution >= 0.6 is 11.6 Å². The highest BCUT2D eigenvalue weighted by atomic mass is 35.5. The summed E-state index contributed by atoms with van der Waals surface area (Å²) < 4.78 is 0. The van der Waals surface area contributed by atoms with Gasteiger partial charge in [0.2, 0.25) is 0 Å². The van der Waals surface area contributed by atoms with Gasteiger partial charge in [-0.1, -0.05) is 29.8 Å². The molecule has 1 saturated carbocycles. The lowest BCUT2D eigenvalue weighted by Gasteiger charge is -2.26. The second-order valence-electron chi connectivity index (χ2n) is 6.36. The Labute approximate surface area is 151 Å². The Bertz CT molecular complexity index is 765. The number of aliphatic hydroxyl groups excluding tert-OH is 1. The first-order valence-corrected chi connectivity index (χ1v) is 8.80. The minimum atomic E-state index is -0.271. The Morgan fingerprint density at radius 1 is 0.920 bits per heavy atom. The standard InChI is InChI=1S/C20H20ClNO3/c21-14-7-5-13(6-8-14)19(24)17-3-1-2-4-18(17)20(25)22-15-9-11-16(23)12-10-15/h1-8,15-16,23H,9-12H2,(H,22,25). The molecular weight excluding hydrogens is 338 g/mol. The van der Waals surface area contributed by atoms with Crippen LogP contribution in [0.1, 0.15) is 52.0 Å². The molecule has 4 nitrogen and oxygen atoms in total. The predicted molar refractivity (Wildman–Crippen MR) is 97.1 cm³/mol. The smallest absolute Gasteiger partial charge is 0.252 e. The van der Waals surface area contributed by atoms with Crippen LogP contribution in [0.2, 0.25) is 5.02 Å². The van der Waals surface area contributed by atoms with Gasteiger partial charge in [0.1, 0.15) is 0 Å². The number of aliphatic hydroxyl groups is 1. The third kappa shape index (κ3) is 4.27. The fourth-order valence-electron chi connectivity index (χ4n) is 3.12. The maximum Gasteiger partial charge on any atom is 0.252 e. The summed E-state index contributed by atoms with van der Waals surface area (Å²) in [5.74, 6) is -0.458. The number of hydrogen-bond donors (Lipinski definition) is 2. The molecule has 0 radical (unpaired) electrons. The summed E-state index contributed by atoms with van der Waals surface area (Å²) in [7, 11) is 0. The van der Waals surface area contributed by atoms with E-state index in [9.17, 15) is 14.7 Å². The molecule has 3 rings (SSSR count). The van der Waals surface area contributed by atoms with E-state index < -0.39 is 0 Å². The molecule has 1 aliphatic carbocycles. The largest absolute Gasteiger partial charge is 0.393 e. The number of carbonyl (C=O) groups is 2. The van der Waals surface area contributed by atoms with Gasteiger partial charge in [-0.05, 0) is 56.0 Å². The highest BCUT2D eigenvalue weighted by Crippen LogP contribution is 2.20. The number of rotatable bonds is 4. The van der Waals surface area contributed by atoms with Gasteiger partial charge in [-0.25, -0.2) is 0 Å². The SMILES string of the molecule is O=C(NC1CCC(O)CC1)c1ccccc1C(=O)c1ccc(Cl)cc1. The van der Waals surface area contributed by atoms with Crippen LogP contribution in [0.5, 0.6) is 0 Å². The first kappa shape index (κ1) is 17.6. The monoisotopic (exact) mass is 357 g/mol. The third-order valence-electron chi connectivity index (χ3n) is 4.55. The number of hydrogen-bond acceptors (Lipinski definition) is 3. The average molecular weight is 358 g/mol. The summed E-state index contributed by atoms with van der Waals surface area (Å²) in [5.41, 5.74) is 1.23. The molecule has 1 aliphatic rings. The van der Waals surface area contributed by atoms with Crippen molar-refractivity contribution in [2.24, 2.45) is 0 Å².